The second-order valence-corrected chi connectivity index (χ2v) is 11.6. The van der Waals surface area contributed by atoms with Crippen LogP contribution in [0.5, 0.6) is 0 Å². The Morgan fingerprint density at radius 2 is 2.00 bits per heavy atom. The lowest BCUT2D eigenvalue weighted by molar-refractivity contribution is 0.102. The first-order chi connectivity index (χ1) is 14.3. The number of hydrogen-bond donors (Lipinski definition) is 0. The van der Waals surface area contributed by atoms with E-state index < -0.39 is 10.0 Å². The van der Waals surface area contributed by atoms with Gasteiger partial charge in [0, 0.05) is 12.1 Å². The molecule has 0 N–H and O–H groups in total. The average Bonchev–Trinajstić information content (AvgIpc) is 3.11. The van der Waals surface area contributed by atoms with Crippen molar-refractivity contribution in [1.82, 2.24) is 9.78 Å². The third-order valence-corrected chi connectivity index (χ3v) is 8.28. The molecule has 0 fully saturated rings. The van der Waals surface area contributed by atoms with Gasteiger partial charge in [-0.1, -0.05) is 41.3 Å². The minimum atomic E-state index is -3.32. The number of aromatic nitrogens is 2. The van der Waals surface area contributed by atoms with Gasteiger partial charge in [-0.15, -0.1) is 5.10 Å². The number of carbonyl (C=O) groups is 1. The molecule has 0 saturated heterocycles. The average molecular weight is 478 g/mol. The van der Waals surface area contributed by atoms with Gasteiger partial charge in [-0.25, -0.2) is 13.1 Å². The van der Waals surface area contributed by atoms with E-state index in [1.807, 2.05) is 36.4 Å². The summed E-state index contributed by atoms with van der Waals surface area (Å²) >= 11 is 8.14. The van der Waals surface area contributed by atoms with Crippen molar-refractivity contribution in [3.05, 3.63) is 63.6 Å². The summed E-state index contributed by atoms with van der Waals surface area (Å²) in [7, 11) is -3.32. The maximum atomic E-state index is 12.7. The summed E-state index contributed by atoms with van der Waals surface area (Å²) in [6, 6.07) is 14.9. The van der Waals surface area contributed by atoms with Gasteiger partial charge in [-0.2, -0.15) is 0 Å². The predicted molar refractivity (Wildman–Crippen MR) is 124 cm³/mol. The smallest absolute Gasteiger partial charge is 0.232 e. The largest absolute Gasteiger partial charge is 0.293 e. The Hall–Kier alpha value is -2.01. The van der Waals surface area contributed by atoms with Crippen LogP contribution in [0.1, 0.15) is 22.3 Å². The minimum absolute atomic E-state index is 0.0216. The molecule has 4 rings (SSSR count). The molecule has 30 heavy (non-hydrogen) atoms. The van der Waals surface area contributed by atoms with Gasteiger partial charge in [0.2, 0.25) is 10.0 Å². The van der Waals surface area contributed by atoms with Crippen LogP contribution in [0.2, 0.25) is 0 Å². The van der Waals surface area contributed by atoms with E-state index in [0.717, 1.165) is 28.4 Å². The summed E-state index contributed by atoms with van der Waals surface area (Å²) in [6.45, 7) is 0.476. The third-order valence-electron chi connectivity index (χ3n) is 4.73. The Bertz CT molecular complexity index is 1250. The standard InChI is InChI=1S/C20H19N3O3S4/c1-30(25,26)22-11-5-6-14-12-15(9-10-17(14)22)18(24)13-28-19-21-23(20(27)29-19)16-7-3-2-4-8-16/h2-4,7-10,12H,5-6,11,13H2,1H3. The van der Waals surface area contributed by atoms with Gasteiger partial charge in [0.05, 0.1) is 23.4 Å². The number of ketones is 1. The van der Waals surface area contributed by atoms with Gasteiger partial charge in [0.1, 0.15) is 0 Å². The first-order valence-electron chi connectivity index (χ1n) is 9.25. The van der Waals surface area contributed by atoms with Gasteiger partial charge in [0.15, 0.2) is 14.1 Å². The van der Waals surface area contributed by atoms with Crippen LogP contribution in [0.3, 0.4) is 0 Å². The summed E-state index contributed by atoms with van der Waals surface area (Å²) in [6.07, 6.45) is 2.71. The normalized spacial score (nSPS) is 13.8. The van der Waals surface area contributed by atoms with Crippen molar-refractivity contribution < 1.29 is 13.2 Å². The molecule has 0 aliphatic carbocycles. The molecule has 1 aliphatic heterocycles. The molecule has 0 atom stereocenters. The predicted octanol–water partition coefficient (Wildman–Crippen LogP) is 4.35. The molecule has 0 amide bonds. The highest BCUT2D eigenvalue weighted by Gasteiger charge is 2.24. The number of nitrogens with zero attached hydrogens (tertiary/aromatic N) is 3. The highest BCUT2D eigenvalue weighted by molar-refractivity contribution is 8.01. The number of thioether (sulfide) groups is 1. The van der Waals surface area contributed by atoms with Crippen LogP contribution in [-0.4, -0.2) is 42.5 Å². The van der Waals surface area contributed by atoms with Crippen molar-refractivity contribution in [1.29, 1.82) is 0 Å². The number of Topliss-reactive ketones (excluding diaryl/α,β-unsaturated/α-hetero) is 1. The van der Waals surface area contributed by atoms with E-state index in [9.17, 15) is 13.2 Å². The lowest BCUT2D eigenvalue weighted by atomic mass is 9.99. The molecule has 0 bridgehead atoms. The number of hydrogen-bond acceptors (Lipinski definition) is 7. The lowest BCUT2D eigenvalue weighted by Gasteiger charge is -2.29. The number of carbonyl (C=O) groups excluding carboxylic acids is 1. The maximum absolute atomic E-state index is 12.7. The van der Waals surface area contributed by atoms with E-state index in [-0.39, 0.29) is 11.5 Å². The Kier molecular flexibility index (Phi) is 6.10. The Labute approximate surface area is 188 Å². The molecule has 1 aliphatic rings. The van der Waals surface area contributed by atoms with E-state index in [2.05, 4.69) is 5.10 Å². The molecule has 0 saturated carbocycles. The minimum Gasteiger partial charge on any atom is -0.293 e. The molecule has 2 heterocycles. The van der Waals surface area contributed by atoms with E-state index in [0.29, 0.717) is 21.7 Å². The van der Waals surface area contributed by atoms with Crippen LogP contribution in [0.4, 0.5) is 5.69 Å². The van der Waals surface area contributed by atoms with E-state index >= 15 is 0 Å². The molecule has 10 heteroatoms. The fourth-order valence-corrected chi connectivity index (χ4v) is 6.59. The van der Waals surface area contributed by atoms with Crippen molar-refractivity contribution in [3.8, 4) is 5.69 Å². The molecule has 156 valence electrons. The third kappa shape index (κ3) is 4.51. The van der Waals surface area contributed by atoms with Crippen molar-refractivity contribution in [2.45, 2.75) is 17.2 Å². The van der Waals surface area contributed by atoms with Crippen molar-refractivity contribution >= 4 is 56.8 Å². The molecule has 0 spiro atoms. The molecular formula is C20H19N3O3S4. The SMILES string of the molecule is CS(=O)(=O)N1CCCc2cc(C(=O)CSc3nn(-c4ccccc4)c(=S)s3)ccc21. The molecule has 3 aromatic rings. The molecule has 1 aromatic heterocycles. The zero-order chi connectivity index (χ0) is 21.3. The first kappa shape index (κ1) is 21.2. The van der Waals surface area contributed by atoms with E-state index in [1.54, 1.807) is 16.8 Å². The molecule has 6 nitrogen and oxygen atoms in total. The zero-order valence-electron chi connectivity index (χ0n) is 16.1. The van der Waals surface area contributed by atoms with Crippen LogP contribution in [0.25, 0.3) is 5.69 Å². The Balaban J connectivity index is 1.49. The maximum Gasteiger partial charge on any atom is 0.232 e. The quantitative estimate of drug-likeness (QED) is 0.299. The van der Waals surface area contributed by atoms with Gasteiger partial charge in [-0.05, 0) is 61.0 Å². The van der Waals surface area contributed by atoms with Crippen LogP contribution in [0, 0.1) is 3.95 Å². The second kappa shape index (κ2) is 8.62. The fraction of sp³-hybridized carbons (Fsp3) is 0.250. The number of anilines is 1. The van der Waals surface area contributed by atoms with Gasteiger partial charge in [0.25, 0.3) is 0 Å². The van der Waals surface area contributed by atoms with Crippen molar-refractivity contribution in [3.63, 3.8) is 0 Å². The number of benzene rings is 2. The summed E-state index contributed by atoms with van der Waals surface area (Å²) in [4.78, 5) is 12.7. The van der Waals surface area contributed by atoms with Gasteiger partial charge in [-0.3, -0.25) is 9.10 Å². The lowest BCUT2D eigenvalue weighted by Crippen LogP contribution is -2.34. The highest BCUT2D eigenvalue weighted by atomic mass is 32.2. The number of rotatable bonds is 6. The van der Waals surface area contributed by atoms with Crippen molar-refractivity contribution in [2.24, 2.45) is 0 Å². The van der Waals surface area contributed by atoms with Gasteiger partial charge >= 0.3 is 0 Å². The molecule has 2 aromatic carbocycles. The van der Waals surface area contributed by atoms with Crippen LogP contribution in [0.15, 0.2) is 52.9 Å². The summed E-state index contributed by atoms with van der Waals surface area (Å²) in [5.41, 5.74) is 3.05. The first-order valence-corrected chi connectivity index (χ1v) is 13.3. The van der Waals surface area contributed by atoms with Crippen LogP contribution >= 0.6 is 35.3 Å². The van der Waals surface area contributed by atoms with Crippen LogP contribution < -0.4 is 4.31 Å². The highest BCUT2D eigenvalue weighted by Crippen LogP contribution is 2.31. The zero-order valence-corrected chi connectivity index (χ0v) is 19.4. The number of fused-ring (bicyclic) bond motifs is 1. The van der Waals surface area contributed by atoms with E-state index in [4.69, 9.17) is 12.2 Å². The molecule has 0 radical (unpaired) electrons. The number of para-hydroxylation sites is 1. The van der Waals surface area contributed by atoms with Crippen molar-refractivity contribution in [2.75, 3.05) is 22.9 Å². The topological polar surface area (TPSA) is 72.3 Å². The fourth-order valence-electron chi connectivity index (χ4n) is 3.34. The number of aryl methyl sites for hydroxylation is 1. The summed E-state index contributed by atoms with van der Waals surface area (Å²) < 4.78 is 28.5. The van der Waals surface area contributed by atoms with Crippen LogP contribution in [-0.2, 0) is 16.4 Å². The summed E-state index contributed by atoms with van der Waals surface area (Å²) in [5.74, 6) is 0.220. The Morgan fingerprint density at radius 3 is 2.73 bits per heavy atom. The monoisotopic (exact) mass is 477 g/mol. The summed E-state index contributed by atoms with van der Waals surface area (Å²) in [5, 5.41) is 4.52. The van der Waals surface area contributed by atoms with Gasteiger partial charge < -0.3 is 0 Å². The Morgan fingerprint density at radius 1 is 1.23 bits per heavy atom. The number of sulfonamides is 1. The van der Waals surface area contributed by atoms with E-state index in [1.165, 1.54) is 33.7 Å². The molecule has 0 unspecified atom stereocenters. The molecular weight excluding hydrogens is 459 g/mol. The second-order valence-electron chi connectivity index (χ2n) is 6.88.